The summed E-state index contributed by atoms with van der Waals surface area (Å²) in [5.41, 5.74) is 1.33. The van der Waals surface area contributed by atoms with Crippen LogP contribution in [-0.2, 0) is 9.53 Å². The normalized spacial score (nSPS) is 13.9. The number of halogens is 2. The van der Waals surface area contributed by atoms with Crippen LogP contribution in [0.25, 0.3) is 10.2 Å². The fourth-order valence-corrected chi connectivity index (χ4v) is 4.38. The molecule has 7 nitrogen and oxygen atoms in total. The molecule has 1 fully saturated rings. The van der Waals surface area contributed by atoms with Gasteiger partial charge in [-0.15, -0.1) is 0 Å². The number of nitrogens with zero attached hydrogens (tertiary/aromatic N) is 2. The zero-order chi connectivity index (χ0) is 22.5. The molecule has 1 saturated heterocycles. The molecule has 0 radical (unpaired) electrons. The second-order valence-electron chi connectivity index (χ2n) is 7.31. The minimum atomic E-state index is -0.921. The number of morpholine rings is 1. The van der Waals surface area contributed by atoms with Crippen molar-refractivity contribution in [1.82, 2.24) is 10.3 Å². The second-order valence-corrected chi connectivity index (χ2v) is 8.32. The molecule has 1 aromatic heterocycles. The van der Waals surface area contributed by atoms with E-state index >= 15 is 0 Å². The number of carbonyl (C=O) groups excluding carboxylic acids is 2. The molecule has 2 heterocycles. The van der Waals surface area contributed by atoms with Gasteiger partial charge in [0.1, 0.15) is 11.6 Å². The number of rotatable bonds is 7. The number of aromatic nitrogens is 1. The molecule has 1 aliphatic rings. The van der Waals surface area contributed by atoms with Crippen LogP contribution in [0.1, 0.15) is 23.2 Å². The van der Waals surface area contributed by atoms with E-state index in [4.69, 9.17) is 4.74 Å². The van der Waals surface area contributed by atoms with Gasteiger partial charge >= 0.3 is 0 Å². The molecule has 168 valence electrons. The number of benzene rings is 2. The van der Waals surface area contributed by atoms with E-state index < -0.39 is 17.5 Å². The minimum Gasteiger partial charge on any atom is -0.378 e. The first-order valence-corrected chi connectivity index (χ1v) is 11.1. The van der Waals surface area contributed by atoms with Crippen molar-refractivity contribution in [2.75, 3.05) is 43.1 Å². The predicted octanol–water partition coefficient (Wildman–Crippen LogP) is 3.56. The summed E-state index contributed by atoms with van der Waals surface area (Å²) in [7, 11) is 0. The molecular formula is C22H22F2N4O3S. The molecule has 2 aromatic carbocycles. The van der Waals surface area contributed by atoms with Gasteiger partial charge in [0.25, 0.3) is 5.91 Å². The quantitative estimate of drug-likeness (QED) is 0.527. The third kappa shape index (κ3) is 5.38. The molecule has 0 saturated carbocycles. The van der Waals surface area contributed by atoms with E-state index in [2.05, 4.69) is 20.5 Å². The summed E-state index contributed by atoms with van der Waals surface area (Å²) < 4.78 is 32.9. The number of hydrogen-bond donors (Lipinski definition) is 2. The lowest BCUT2D eigenvalue weighted by atomic mass is 10.2. The van der Waals surface area contributed by atoms with Crippen LogP contribution in [0, 0.1) is 11.6 Å². The summed E-state index contributed by atoms with van der Waals surface area (Å²) in [6.07, 6.45) is 0.566. The highest BCUT2D eigenvalue weighted by atomic mass is 32.1. The molecular weight excluding hydrogens is 438 g/mol. The maximum atomic E-state index is 13.6. The lowest BCUT2D eigenvalue weighted by molar-refractivity contribution is -0.116. The predicted molar refractivity (Wildman–Crippen MR) is 119 cm³/mol. The van der Waals surface area contributed by atoms with Gasteiger partial charge in [-0.3, -0.25) is 9.59 Å². The number of fused-ring (bicyclic) bond motifs is 1. The zero-order valence-electron chi connectivity index (χ0n) is 17.2. The molecule has 32 heavy (non-hydrogen) atoms. The number of hydrogen-bond acceptors (Lipinski definition) is 6. The monoisotopic (exact) mass is 460 g/mol. The first-order chi connectivity index (χ1) is 15.5. The Balaban J connectivity index is 1.26. The SMILES string of the molecule is O=C(CCCNC(=O)c1ccc(F)cc1F)Nc1ccc2nc(N3CCOCC3)sc2c1. The number of nitrogens with one attached hydrogen (secondary N) is 2. The van der Waals surface area contributed by atoms with Crippen LogP contribution < -0.4 is 15.5 Å². The molecule has 0 atom stereocenters. The average Bonchev–Trinajstić information content (AvgIpc) is 3.21. The van der Waals surface area contributed by atoms with Crippen molar-refractivity contribution in [3.05, 3.63) is 53.6 Å². The van der Waals surface area contributed by atoms with Crippen molar-refractivity contribution < 1.29 is 23.1 Å². The Morgan fingerprint density at radius 3 is 2.72 bits per heavy atom. The van der Waals surface area contributed by atoms with Crippen LogP contribution in [0.3, 0.4) is 0 Å². The molecule has 10 heteroatoms. The summed E-state index contributed by atoms with van der Waals surface area (Å²) >= 11 is 1.58. The number of thiazole rings is 1. The maximum Gasteiger partial charge on any atom is 0.254 e. The van der Waals surface area contributed by atoms with Crippen molar-refractivity contribution in [2.24, 2.45) is 0 Å². The fourth-order valence-electron chi connectivity index (χ4n) is 3.32. The van der Waals surface area contributed by atoms with Crippen LogP contribution in [0.2, 0.25) is 0 Å². The molecule has 0 bridgehead atoms. The highest BCUT2D eigenvalue weighted by Crippen LogP contribution is 2.31. The van der Waals surface area contributed by atoms with Crippen LogP contribution in [0.5, 0.6) is 0 Å². The molecule has 4 rings (SSSR count). The summed E-state index contributed by atoms with van der Waals surface area (Å²) in [5.74, 6) is -2.50. The van der Waals surface area contributed by atoms with Gasteiger partial charge in [-0.2, -0.15) is 0 Å². The topological polar surface area (TPSA) is 83.6 Å². The Morgan fingerprint density at radius 2 is 1.94 bits per heavy atom. The van der Waals surface area contributed by atoms with E-state index in [0.29, 0.717) is 31.4 Å². The van der Waals surface area contributed by atoms with Crippen LogP contribution in [0.15, 0.2) is 36.4 Å². The molecule has 2 N–H and O–H groups in total. The van der Waals surface area contributed by atoms with Crippen LogP contribution in [-0.4, -0.2) is 49.6 Å². The van der Waals surface area contributed by atoms with E-state index in [0.717, 1.165) is 40.6 Å². The number of ether oxygens (including phenoxy) is 1. The molecule has 0 unspecified atom stereocenters. The Morgan fingerprint density at radius 1 is 1.12 bits per heavy atom. The highest BCUT2D eigenvalue weighted by Gasteiger charge is 2.16. The fraction of sp³-hybridized carbons (Fsp3) is 0.318. The molecule has 2 amide bonds. The van der Waals surface area contributed by atoms with E-state index in [1.54, 1.807) is 11.3 Å². The lowest BCUT2D eigenvalue weighted by Crippen LogP contribution is -2.36. The van der Waals surface area contributed by atoms with Gasteiger partial charge in [0.2, 0.25) is 5.91 Å². The largest absolute Gasteiger partial charge is 0.378 e. The summed E-state index contributed by atoms with van der Waals surface area (Å²) in [6.45, 7) is 3.20. The minimum absolute atomic E-state index is 0.186. The Labute approximate surface area is 187 Å². The maximum absolute atomic E-state index is 13.6. The van der Waals surface area contributed by atoms with Crippen molar-refractivity contribution in [3.8, 4) is 0 Å². The standard InChI is InChI=1S/C22H22F2N4O3S/c23-14-3-5-16(17(24)12-14)21(30)25-7-1-2-20(29)26-15-4-6-18-19(13-15)32-22(27-18)28-8-10-31-11-9-28/h3-6,12-13H,1-2,7-11H2,(H,25,30)(H,26,29). The summed E-state index contributed by atoms with van der Waals surface area (Å²) in [4.78, 5) is 31.1. The Hall–Kier alpha value is -3.11. The number of anilines is 2. The van der Waals surface area contributed by atoms with Crippen LogP contribution in [0.4, 0.5) is 19.6 Å². The van der Waals surface area contributed by atoms with Crippen molar-refractivity contribution in [3.63, 3.8) is 0 Å². The molecule has 3 aromatic rings. The van der Waals surface area contributed by atoms with Gasteiger partial charge in [-0.05, 0) is 36.8 Å². The lowest BCUT2D eigenvalue weighted by Gasteiger charge is -2.25. The third-order valence-electron chi connectivity index (χ3n) is 4.98. The van der Waals surface area contributed by atoms with Gasteiger partial charge < -0.3 is 20.3 Å². The van der Waals surface area contributed by atoms with Gasteiger partial charge in [0.15, 0.2) is 5.13 Å². The average molecular weight is 461 g/mol. The van der Waals surface area contributed by atoms with Gasteiger partial charge in [-0.1, -0.05) is 11.3 Å². The number of amides is 2. The second kappa shape index (κ2) is 10.0. The molecule has 0 spiro atoms. The van der Waals surface area contributed by atoms with E-state index in [1.165, 1.54) is 0 Å². The van der Waals surface area contributed by atoms with Crippen molar-refractivity contribution in [1.29, 1.82) is 0 Å². The van der Waals surface area contributed by atoms with E-state index in [-0.39, 0.29) is 24.4 Å². The van der Waals surface area contributed by atoms with Crippen LogP contribution >= 0.6 is 11.3 Å². The van der Waals surface area contributed by atoms with E-state index in [1.807, 2.05) is 18.2 Å². The Kier molecular flexibility index (Phi) is 6.91. The van der Waals surface area contributed by atoms with Gasteiger partial charge in [-0.25, -0.2) is 13.8 Å². The third-order valence-corrected chi connectivity index (χ3v) is 6.06. The highest BCUT2D eigenvalue weighted by molar-refractivity contribution is 7.22. The summed E-state index contributed by atoms with van der Waals surface area (Å²) in [6, 6.07) is 8.35. The van der Waals surface area contributed by atoms with Crippen molar-refractivity contribution >= 4 is 44.2 Å². The zero-order valence-corrected chi connectivity index (χ0v) is 18.0. The van der Waals surface area contributed by atoms with Gasteiger partial charge in [0.05, 0.1) is 29.0 Å². The molecule has 1 aliphatic heterocycles. The van der Waals surface area contributed by atoms with Crippen molar-refractivity contribution in [2.45, 2.75) is 12.8 Å². The first-order valence-electron chi connectivity index (χ1n) is 10.3. The van der Waals surface area contributed by atoms with Gasteiger partial charge in [0, 0.05) is 37.8 Å². The number of carbonyl (C=O) groups is 2. The Bertz CT molecular complexity index is 1130. The molecule has 0 aliphatic carbocycles. The smallest absolute Gasteiger partial charge is 0.254 e. The summed E-state index contributed by atoms with van der Waals surface area (Å²) in [5, 5.41) is 6.33. The van der Waals surface area contributed by atoms with E-state index in [9.17, 15) is 18.4 Å². The first kappa shape index (κ1) is 22.1.